The normalized spacial score (nSPS) is 21.2. The van der Waals surface area contributed by atoms with Crippen LogP contribution in [0.3, 0.4) is 0 Å². The van der Waals surface area contributed by atoms with Gasteiger partial charge in [-0.3, -0.25) is 4.79 Å². The second kappa shape index (κ2) is 6.89. The van der Waals surface area contributed by atoms with Gasteiger partial charge in [0.25, 0.3) is 0 Å². The van der Waals surface area contributed by atoms with Crippen LogP contribution in [0.5, 0.6) is 5.75 Å². The molecule has 0 radical (unpaired) electrons. The lowest BCUT2D eigenvalue weighted by Gasteiger charge is -2.36. The molecule has 2 heterocycles. The van der Waals surface area contributed by atoms with Crippen LogP contribution in [-0.2, 0) is 21.4 Å². The Morgan fingerprint density at radius 2 is 1.76 bits per heavy atom. The first-order valence-electron chi connectivity index (χ1n) is 8.94. The minimum atomic E-state index is -0.495. The van der Waals surface area contributed by atoms with Crippen molar-refractivity contribution in [1.82, 2.24) is 5.32 Å². The molecule has 4 rings (SSSR count). The average molecular weight is 337 g/mol. The van der Waals surface area contributed by atoms with Gasteiger partial charge in [0.1, 0.15) is 11.9 Å². The van der Waals surface area contributed by atoms with Gasteiger partial charge in [0, 0.05) is 19.6 Å². The van der Waals surface area contributed by atoms with Crippen molar-refractivity contribution in [2.45, 2.75) is 30.8 Å². The summed E-state index contributed by atoms with van der Waals surface area (Å²) < 4.78 is 11.5. The van der Waals surface area contributed by atoms with Crippen molar-refractivity contribution < 1.29 is 14.3 Å². The van der Waals surface area contributed by atoms with E-state index in [1.54, 1.807) is 0 Å². The van der Waals surface area contributed by atoms with Gasteiger partial charge in [-0.1, -0.05) is 48.5 Å². The van der Waals surface area contributed by atoms with Crippen molar-refractivity contribution >= 4 is 5.91 Å². The summed E-state index contributed by atoms with van der Waals surface area (Å²) in [5.41, 5.74) is 1.79. The third kappa shape index (κ3) is 3.14. The number of hydrogen-bond acceptors (Lipinski definition) is 3. The Morgan fingerprint density at radius 3 is 2.52 bits per heavy atom. The lowest BCUT2D eigenvalue weighted by molar-refractivity contribution is -0.130. The largest absolute Gasteiger partial charge is 0.488 e. The van der Waals surface area contributed by atoms with E-state index in [2.05, 4.69) is 11.4 Å². The molecular formula is C21H23NO3. The predicted molar refractivity (Wildman–Crippen MR) is 95.7 cm³/mol. The summed E-state index contributed by atoms with van der Waals surface area (Å²) in [5.74, 6) is 1.02. The fourth-order valence-corrected chi connectivity index (χ4v) is 3.87. The zero-order chi connectivity index (χ0) is 17.1. The van der Waals surface area contributed by atoms with E-state index in [1.165, 1.54) is 5.56 Å². The summed E-state index contributed by atoms with van der Waals surface area (Å²) in [6.45, 7) is 1.77. The Kier molecular flexibility index (Phi) is 4.45. The zero-order valence-corrected chi connectivity index (χ0v) is 14.2. The Hall–Kier alpha value is -2.33. The Bertz CT molecular complexity index is 713. The number of benzene rings is 2. The van der Waals surface area contributed by atoms with Gasteiger partial charge in [0.15, 0.2) is 0 Å². The number of ether oxygens (including phenoxy) is 2. The Morgan fingerprint density at radius 1 is 1.04 bits per heavy atom. The Labute approximate surface area is 148 Å². The van der Waals surface area contributed by atoms with Gasteiger partial charge in [-0.25, -0.2) is 0 Å². The van der Waals surface area contributed by atoms with Crippen LogP contribution in [0.4, 0.5) is 0 Å². The van der Waals surface area contributed by atoms with Crippen molar-refractivity contribution in [2.75, 3.05) is 19.8 Å². The summed E-state index contributed by atoms with van der Waals surface area (Å²) in [5, 5.41) is 3.15. The van der Waals surface area contributed by atoms with E-state index < -0.39 is 5.41 Å². The number of hydrogen-bond donors (Lipinski definition) is 1. The summed E-state index contributed by atoms with van der Waals surface area (Å²) >= 11 is 0. The minimum absolute atomic E-state index is 0.00835. The highest BCUT2D eigenvalue weighted by atomic mass is 16.5. The minimum Gasteiger partial charge on any atom is -0.488 e. The monoisotopic (exact) mass is 337 g/mol. The fourth-order valence-electron chi connectivity index (χ4n) is 3.87. The van der Waals surface area contributed by atoms with Crippen molar-refractivity contribution in [2.24, 2.45) is 0 Å². The summed E-state index contributed by atoms with van der Waals surface area (Å²) in [6.07, 6.45) is 2.29. The topological polar surface area (TPSA) is 47.6 Å². The van der Waals surface area contributed by atoms with Gasteiger partial charge in [0.2, 0.25) is 5.91 Å². The highest BCUT2D eigenvalue weighted by Gasteiger charge is 2.41. The lowest BCUT2D eigenvalue weighted by atomic mass is 9.73. The molecule has 0 spiro atoms. The molecule has 1 N–H and O–H groups in total. The number of fused-ring (bicyclic) bond motifs is 1. The third-order valence-electron chi connectivity index (χ3n) is 5.31. The maximum atomic E-state index is 13.1. The van der Waals surface area contributed by atoms with Crippen LogP contribution in [0, 0.1) is 0 Å². The molecule has 0 saturated carbocycles. The molecule has 0 aliphatic carbocycles. The molecule has 2 aromatic rings. The lowest BCUT2D eigenvalue weighted by Crippen LogP contribution is -2.50. The van der Waals surface area contributed by atoms with Gasteiger partial charge >= 0.3 is 0 Å². The second-order valence-electron chi connectivity index (χ2n) is 6.82. The molecule has 1 fully saturated rings. The van der Waals surface area contributed by atoms with Crippen molar-refractivity contribution in [3.05, 3.63) is 65.7 Å². The number of nitrogens with one attached hydrogen (secondary N) is 1. The highest BCUT2D eigenvalue weighted by Crippen LogP contribution is 2.35. The number of para-hydroxylation sites is 1. The molecule has 25 heavy (non-hydrogen) atoms. The summed E-state index contributed by atoms with van der Waals surface area (Å²) in [7, 11) is 0. The molecule has 130 valence electrons. The third-order valence-corrected chi connectivity index (χ3v) is 5.31. The highest BCUT2D eigenvalue weighted by molar-refractivity contribution is 5.88. The van der Waals surface area contributed by atoms with Crippen molar-refractivity contribution in [1.29, 1.82) is 0 Å². The zero-order valence-electron chi connectivity index (χ0n) is 14.2. The van der Waals surface area contributed by atoms with Crippen molar-refractivity contribution in [3.8, 4) is 5.75 Å². The molecule has 2 aromatic carbocycles. The molecule has 0 aromatic heterocycles. The Balaban J connectivity index is 1.45. The maximum absolute atomic E-state index is 13.1. The summed E-state index contributed by atoms with van der Waals surface area (Å²) in [6, 6.07) is 18.1. The van der Waals surface area contributed by atoms with Crippen LogP contribution >= 0.6 is 0 Å². The molecule has 1 atom stereocenters. The fraction of sp³-hybridized carbons (Fsp3) is 0.381. The van der Waals surface area contributed by atoms with E-state index in [4.69, 9.17) is 9.47 Å². The first kappa shape index (κ1) is 16.2. The van der Waals surface area contributed by atoms with Crippen LogP contribution in [0.15, 0.2) is 54.6 Å². The quantitative estimate of drug-likeness (QED) is 0.933. The first-order chi connectivity index (χ1) is 12.3. The molecule has 2 aliphatic heterocycles. The summed E-state index contributed by atoms with van der Waals surface area (Å²) in [4.78, 5) is 13.1. The standard InChI is InChI=1S/C21H23NO3/c23-20(22-15-18-14-16-6-4-5-9-19(16)25-18)21(10-12-24-13-11-21)17-7-2-1-3-8-17/h1-9,18H,10-15H2,(H,22,23)/t18-/m0/s1. The number of amides is 1. The number of carbonyl (C=O) groups excluding carboxylic acids is 1. The van der Waals surface area contributed by atoms with E-state index in [1.807, 2.05) is 48.5 Å². The molecule has 0 bridgehead atoms. The average Bonchev–Trinajstić information content (AvgIpc) is 3.10. The smallest absolute Gasteiger partial charge is 0.230 e. The van der Waals surface area contributed by atoms with Crippen LogP contribution in [-0.4, -0.2) is 31.8 Å². The molecule has 4 heteroatoms. The van der Waals surface area contributed by atoms with E-state index in [0.717, 1.165) is 17.7 Å². The molecule has 0 unspecified atom stereocenters. The van der Waals surface area contributed by atoms with Gasteiger partial charge in [-0.2, -0.15) is 0 Å². The van der Waals surface area contributed by atoms with Gasteiger partial charge in [0.05, 0.1) is 12.0 Å². The van der Waals surface area contributed by atoms with Crippen molar-refractivity contribution in [3.63, 3.8) is 0 Å². The van der Waals surface area contributed by atoms with Gasteiger partial charge in [-0.15, -0.1) is 0 Å². The maximum Gasteiger partial charge on any atom is 0.230 e. The van der Waals surface area contributed by atoms with E-state index in [-0.39, 0.29) is 12.0 Å². The molecule has 4 nitrogen and oxygen atoms in total. The molecule has 1 saturated heterocycles. The molecule has 1 amide bonds. The van der Waals surface area contributed by atoms with E-state index in [0.29, 0.717) is 32.6 Å². The van der Waals surface area contributed by atoms with Crippen LogP contribution in [0.25, 0.3) is 0 Å². The second-order valence-corrected chi connectivity index (χ2v) is 6.82. The van der Waals surface area contributed by atoms with Crippen LogP contribution in [0.2, 0.25) is 0 Å². The molecule has 2 aliphatic rings. The van der Waals surface area contributed by atoms with E-state index in [9.17, 15) is 4.79 Å². The number of rotatable bonds is 4. The number of carbonyl (C=O) groups is 1. The van der Waals surface area contributed by atoms with E-state index >= 15 is 0 Å². The first-order valence-corrected chi connectivity index (χ1v) is 8.94. The van der Waals surface area contributed by atoms with Gasteiger partial charge < -0.3 is 14.8 Å². The van der Waals surface area contributed by atoms with Gasteiger partial charge in [-0.05, 0) is 30.0 Å². The predicted octanol–water partition coefficient (Wildman–Crippen LogP) is 2.85. The molecular weight excluding hydrogens is 314 g/mol. The van der Waals surface area contributed by atoms with Crippen LogP contribution < -0.4 is 10.1 Å². The van der Waals surface area contributed by atoms with Crippen LogP contribution in [0.1, 0.15) is 24.0 Å². The SMILES string of the molecule is O=C(NC[C@@H]1Cc2ccccc2O1)C1(c2ccccc2)CCOCC1.